The van der Waals surface area contributed by atoms with E-state index in [0.717, 1.165) is 44.3 Å². The Hall–Kier alpha value is -1.07. The van der Waals surface area contributed by atoms with Crippen LogP contribution in [0.1, 0.15) is 25.0 Å². The maximum absolute atomic E-state index is 5.14. The molecule has 19 heavy (non-hydrogen) atoms. The van der Waals surface area contributed by atoms with Crippen molar-refractivity contribution in [2.24, 2.45) is 0 Å². The molecule has 0 aliphatic carbocycles. The Labute approximate surface area is 116 Å². The zero-order valence-corrected chi connectivity index (χ0v) is 12.4. The number of nitrogens with one attached hydrogen (secondary N) is 1. The maximum atomic E-state index is 5.14. The van der Waals surface area contributed by atoms with Gasteiger partial charge in [0.05, 0.1) is 5.69 Å². The van der Waals surface area contributed by atoms with Crippen LogP contribution in [0.5, 0.6) is 0 Å². The number of ether oxygens (including phenoxy) is 1. The van der Waals surface area contributed by atoms with Crippen LogP contribution in [0.25, 0.3) is 0 Å². The summed E-state index contributed by atoms with van der Waals surface area (Å²) in [5.41, 5.74) is 1.10. The average Bonchev–Trinajstić information content (AvgIpc) is 2.97. The summed E-state index contributed by atoms with van der Waals surface area (Å²) in [5.74, 6) is 1.13. The summed E-state index contributed by atoms with van der Waals surface area (Å²) < 4.78 is 7.42. The zero-order chi connectivity index (χ0) is 13.7. The van der Waals surface area contributed by atoms with Gasteiger partial charge in [-0.05, 0) is 33.2 Å². The largest absolute Gasteiger partial charge is 0.385 e. The van der Waals surface area contributed by atoms with Crippen molar-refractivity contribution in [2.75, 3.05) is 38.8 Å². The van der Waals surface area contributed by atoms with E-state index in [4.69, 9.17) is 9.72 Å². The zero-order valence-electron chi connectivity index (χ0n) is 12.4. The van der Waals surface area contributed by atoms with Gasteiger partial charge in [-0.2, -0.15) is 0 Å². The molecule has 108 valence electrons. The number of imidazole rings is 1. The highest BCUT2D eigenvalue weighted by Crippen LogP contribution is 2.25. The van der Waals surface area contributed by atoms with E-state index in [-0.39, 0.29) is 0 Å². The number of hydrogen-bond acceptors (Lipinski definition) is 4. The van der Waals surface area contributed by atoms with Crippen molar-refractivity contribution in [3.8, 4) is 0 Å². The molecule has 5 nitrogen and oxygen atoms in total. The Morgan fingerprint density at radius 2 is 2.37 bits per heavy atom. The van der Waals surface area contributed by atoms with Crippen LogP contribution in [0.2, 0.25) is 0 Å². The lowest BCUT2D eigenvalue weighted by Gasteiger charge is -2.26. The van der Waals surface area contributed by atoms with Crippen molar-refractivity contribution in [3.63, 3.8) is 0 Å². The SMILES string of the molecule is CNCC1CCCN1c1nc(C)cn1CCCOC. The van der Waals surface area contributed by atoms with Crippen molar-refractivity contribution in [3.05, 3.63) is 11.9 Å². The molecule has 2 rings (SSSR count). The topological polar surface area (TPSA) is 42.3 Å². The highest BCUT2D eigenvalue weighted by atomic mass is 16.5. The van der Waals surface area contributed by atoms with E-state index in [1.807, 2.05) is 7.05 Å². The molecule has 5 heteroatoms. The minimum Gasteiger partial charge on any atom is -0.385 e. The number of hydrogen-bond donors (Lipinski definition) is 1. The first-order chi connectivity index (χ1) is 9.26. The smallest absolute Gasteiger partial charge is 0.206 e. The Morgan fingerprint density at radius 1 is 1.53 bits per heavy atom. The molecule has 1 aromatic rings. The Bertz CT molecular complexity index is 391. The van der Waals surface area contributed by atoms with E-state index in [1.54, 1.807) is 7.11 Å². The van der Waals surface area contributed by atoms with Gasteiger partial charge in [-0.3, -0.25) is 0 Å². The number of aryl methyl sites for hydroxylation is 2. The van der Waals surface area contributed by atoms with Gasteiger partial charge < -0.3 is 19.5 Å². The number of anilines is 1. The number of rotatable bonds is 7. The van der Waals surface area contributed by atoms with Crippen LogP contribution in [0, 0.1) is 6.92 Å². The fourth-order valence-electron chi connectivity index (χ4n) is 2.85. The second-order valence-corrected chi connectivity index (χ2v) is 5.27. The standard InChI is InChI=1S/C14H26N4O/c1-12-11-17(7-5-9-19-3)14(16-12)18-8-4-6-13(18)10-15-2/h11,13,15H,4-10H2,1-3H3. The average molecular weight is 266 g/mol. The summed E-state index contributed by atoms with van der Waals surface area (Å²) in [5, 5.41) is 3.29. The third-order valence-corrected chi connectivity index (χ3v) is 3.70. The van der Waals surface area contributed by atoms with E-state index < -0.39 is 0 Å². The first-order valence-corrected chi connectivity index (χ1v) is 7.20. The number of likely N-dealkylation sites (N-methyl/N-ethyl adjacent to an activating group) is 1. The van der Waals surface area contributed by atoms with Crippen LogP contribution >= 0.6 is 0 Å². The van der Waals surface area contributed by atoms with Crippen molar-refractivity contribution in [1.29, 1.82) is 0 Å². The van der Waals surface area contributed by atoms with E-state index >= 15 is 0 Å². The lowest BCUT2D eigenvalue weighted by atomic mass is 10.2. The van der Waals surface area contributed by atoms with Gasteiger partial charge in [0, 0.05) is 45.6 Å². The number of aromatic nitrogens is 2. The van der Waals surface area contributed by atoms with Crippen LogP contribution in [0.4, 0.5) is 5.95 Å². The van der Waals surface area contributed by atoms with E-state index in [0.29, 0.717) is 6.04 Å². The van der Waals surface area contributed by atoms with Crippen molar-refractivity contribution in [2.45, 2.75) is 38.8 Å². The Balaban J connectivity index is 2.09. The predicted molar refractivity (Wildman–Crippen MR) is 77.8 cm³/mol. The molecule has 1 aliphatic rings. The van der Waals surface area contributed by atoms with E-state index in [2.05, 4.69) is 27.9 Å². The van der Waals surface area contributed by atoms with Gasteiger partial charge in [0.15, 0.2) is 0 Å². The molecule has 0 radical (unpaired) electrons. The number of methoxy groups -OCH3 is 1. The van der Waals surface area contributed by atoms with Crippen molar-refractivity contribution in [1.82, 2.24) is 14.9 Å². The van der Waals surface area contributed by atoms with Crippen molar-refractivity contribution < 1.29 is 4.74 Å². The molecule has 1 atom stereocenters. The molecule has 1 aromatic heterocycles. The van der Waals surface area contributed by atoms with Crippen molar-refractivity contribution >= 4 is 5.95 Å². The highest BCUT2D eigenvalue weighted by molar-refractivity contribution is 5.37. The third-order valence-electron chi connectivity index (χ3n) is 3.70. The van der Waals surface area contributed by atoms with Gasteiger partial charge in [0.2, 0.25) is 5.95 Å². The number of nitrogens with zero attached hydrogens (tertiary/aromatic N) is 3. The summed E-state index contributed by atoms with van der Waals surface area (Å²) in [6.45, 7) is 6.00. The second kappa shape index (κ2) is 6.91. The van der Waals surface area contributed by atoms with Gasteiger partial charge in [-0.1, -0.05) is 0 Å². The molecule has 1 unspecified atom stereocenters. The van der Waals surface area contributed by atoms with Crippen LogP contribution < -0.4 is 10.2 Å². The molecule has 0 bridgehead atoms. The highest BCUT2D eigenvalue weighted by Gasteiger charge is 2.27. The molecule has 2 heterocycles. The molecule has 0 spiro atoms. The minimum absolute atomic E-state index is 0.577. The first-order valence-electron chi connectivity index (χ1n) is 7.20. The fraction of sp³-hybridized carbons (Fsp3) is 0.786. The molecule has 0 amide bonds. The monoisotopic (exact) mass is 266 g/mol. The van der Waals surface area contributed by atoms with Gasteiger partial charge in [0.25, 0.3) is 0 Å². The van der Waals surface area contributed by atoms with Crippen LogP contribution in [0.15, 0.2) is 6.20 Å². The normalized spacial score (nSPS) is 19.3. The minimum atomic E-state index is 0.577. The quantitative estimate of drug-likeness (QED) is 0.758. The summed E-state index contributed by atoms with van der Waals surface area (Å²) in [4.78, 5) is 7.18. The molecule has 1 N–H and O–H groups in total. The van der Waals surface area contributed by atoms with E-state index in [1.165, 1.54) is 12.8 Å². The first kappa shape index (κ1) is 14.3. The summed E-state index contributed by atoms with van der Waals surface area (Å²) >= 11 is 0. The summed E-state index contributed by atoms with van der Waals surface area (Å²) in [7, 11) is 3.77. The van der Waals surface area contributed by atoms with Crippen LogP contribution in [-0.4, -0.2) is 49.4 Å². The van der Waals surface area contributed by atoms with E-state index in [9.17, 15) is 0 Å². The van der Waals surface area contributed by atoms with Crippen LogP contribution in [-0.2, 0) is 11.3 Å². The molecular weight excluding hydrogens is 240 g/mol. The van der Waals surface area contributed by atoms with Gasteiger partial charge in [-0.25, -0.2) is 4.98 Å². The van der Waals surface area contributed by atoms with Gasteiger partial charge >= 0.3 is 0 Å². The fourth-order valence-corrected chi connectivity index (χ4v) is 2.85. The van der Waals surface area contributed by atoms with Crippen LogP contribution in [0.3, 0.4) is 0 Å². The lowest BCUT2D eigenvalue weighted by molar-refractivity contribution is 0.190. The molecule has 1 aliphatic heterocycles. The van der Waals surface area contributed by atoms with Gasteiger partial charge in [0.1, 0.15) is 0 Å². The second-order valence-electron chi connectivity index (χ2n) is 5.27. The molecular formula is C14H26N4O. The molecule has 0 aromatic carbocycles. The Morgan fingerprint density at radius 3 is 3.11 bits per heavy atom. The lowest BCUT2D eigenvalue weighted by Crippen LogP contribution is -2.38. The third kappa shape index (κ3) is 3.48. The molecule has 1 fully saturated rings. The van der Waals surface area contributed by atoms with Gasteiger partial charge in [-0.15, -0.1) is 0 Å². The summed E-state index contributed by atoms with van der Waals surface area (Å²) in [6.07, 6.45) is 5.70. The summed E-state index contributed by atoms with van der Waals surface area (Å²) in [6, 6.07) is 0.577. The molecule has 1 saturated heterocycles. The maximum Gasteiger partial charge on any atom is 0.206 e. The Kier molecular flexibility index (Phi) is 5.22. The molecule has 0 saturated carbocycles. The predicted octanol–water partition coefficient (Wildman–Crippen LogP) is 1.42.